The Kier molecular flexibility index (Phi) is 3.67. The van der Waals surface area contributed by atoms with Gasteiger partial charge in [-0.1, -0.05) is 5.16 Å². The highest BCUT2D eigenvalue weighted by Crippen LogP contribution is 2.37. The Hall–Kier alpha value is -2.25. The fourth-order valence-electron chi connectivity index (χ4n) is 2.41. The van der Waals surface area contributed by atoms with Gasteiger partial charge in [-0.25, -0.2) is 9.67 Å². The van der Waals surface area contributed by atoms with E-state index < -0.39 is 5.54 Å². The molecule has 0 bridgehead atoms. The molecule has 1 fully saturated rings. The molecule has 0 spiro atoms. The van der Waals surface area contributed by atoms with Crippen LogP contribution in [0.15, 0.2) is 41.3 Å². The minimum absolute atomic E-state index is 0. The van der Waals surface area contributed by atoms with Crippen molar-refractivity contribution in [2.75, 3.05) is 0 Å². The second-order valence-electron chi connectivity index (χ2n) is 5.29. The lowest BCUT2D eigenvalue weighted by molar-refractivity contribution is 0.229. The van der Waals surface area contributed by atoms with Gasteiger partial charge in [0, 0.05) is 24.2 Å². The van der Waals surface area contributed by atoms with Crippen LogP contribution in [0.1, 0.15) is 25.1 Å². The molecule has 1 aliphatic carbocycles. The van der Waals surface area contributed by atoms with Gasteiger partial charge < -0.3 is 10.3 Å². The van der Waals surface area contributed by atoms with Crippen LogP contribution in [0.2, 0.25) is 0 Å². The van der Waals surface area contributed by atoms with E-state index >= 15 is 0 Å². The van der Waals surface area contributed by atoms with E-state index in [9.17, 15) is 0 Å². The van der Waals surface area contributed by atoms with Crippen LogP contribution in [0.25, 0.3) is 17.3 Å². The van der Waals surface area contributed by atoms with Crippen LogP contribution in [0, 0.1) is 0 Å². The number of aromatic nitrogens is 5. The number of halogens is 1. The van der Waals surface area contributed by atoms with Crippen LogP contribution in [0.5, 0.6) is 0 Å². The van der Waals surface area contributed by atoms with Gasteiger partial charge in [0.1, 0.15) is 0 Å². The Morgan fingerprint density at radius 3 is 2.82 bits per heavy atom. The number of rotatable bonds is 3. The van der Waals surface area contributed by atoms with Gasteiger partial charge in [0.2, 0.25) is 0 Å². The second-order valence-corrected chi connectivity index (χ2v) is 5.29. The molecule has 0 saturated heterocycles. The molecular weight excluding hydrogens is 304 g/mol. The standard InChI is InChI=1S/C14H14N6O.ClH/c15-14(4-1-5-14)13-18-12(21-19-13)10-3-7-16-11(9-10)20-8-2-6-17-20;/h2-3,6-9H,1,4-5,15H2;1H. The van der Waals surface area contributed by atoms with E-state index in [-0.39, 0.29) is 12.4 Å². The molecule has 0 aromatic carbocycles. The van der Waals surface area contributed by atoms with Crippen molar-refractivity contribution in [1.29, 1.82) is 0 Å². The number of pyridine rings is 1. The smallest absolute Gasteiger partial charge is 0.258 e. The average molecular weight is 319 g/mol. The number of nitrogens with zero attached hydrogens (tertiary/aromatic N) is 5. The number of hydrogen-bond donors (Lipinski definition) is 1. The van der Waals surface area contributed by atoms with Crippen LogP contribution in [-0.4, -0.2) is 24.9 Å². The Morgan fingerprint density at radius 1 is 1.27 bits per heavy atom. The van der Waals surface area contributed by atoms with Crippen LogP contribution < -0.4 is 5.73 Å². The minimum Gasteiger partial charge on any atom is -0.334 e. The Labute approximate surface area is 133 Å². The molecular formula is C14H15ClN6O. The summed E-state index contributed by atoms with van der Waals surface area (Å²) in [5.41, 5.74) is 6.60. The first-order chi connectivity index (χ1) is 10.2. The summed E-state index contributed by atoms with van der Waals surface area (Å²) < 4.78 is 7.02. The van der Waals surface area contributed by atoms with Crippen molar-refractivity contribution in [3.8, 4) is 17.3 Å². The molecule has 0 amide bonds. The first kappa shape index (κ1) is 14.7. The summed E-state index contributed by atoms with van der Waals surface area (Å²) in [6.45, 7) is 0. The van der Waals surface area contributed by atoms with Gasteiger partial charge in [0.25, 0.3) is 5.89 Å². The molecule has 1 aliphatic rings. The van der Waals surface area contributed by atoms with Crippen molar-refractivity contribution in [1.82, 2.24) is 24.9 Å². The van der Waals surface area contributed by atoms with Gasteiger partial charge in [-0.15, -0.1) is 12.4 Å². The number of hydrogen-bond acceptors (Lipinski definition) is 6. The van der Waals surface area contributed by atoms with Gasteiger partial charge in [-0.05, 0) is 37.5 Å². The first-order valence-electron chi connectivity index (χ1n) is 6.84. The minimum atomic E-state index is -0.417. The summed E-state index contributed by atoms with van der Waals surface area (Å²) in [6.07, 6.45) is 8.14. The van der Waals surface area contributed by atoms with Crippen LogP contribution in [0.4, 0.5) is 0 Å². The maximum Gasteiger partial charge on any atom is 0.258 e. The highest BCUT2D eigenvalue weighted by atomic mass is 35.5. The quantitative estimate of drug-likeness (QED) is 0.794. The van der Waals surface area contributed by atoms with Crippen molar-refractivity contribution >= 4 is 12.4 Å². The predicted octanol–water partition coefficient (Wildman–Crippen LogP) is 2.08. The maximum atomic E-state index is 6.21. The molecule has 2 N–H and O–H groups in total. The molecule has 1 saturated carbocycles. The summed E-state index contributed by atoms with van der Waals surface area (Å²) in [6, 6.07) is 5.52. The molecule has 8 heteroatoms. The first-order valence-corrected chi connectivity index (χ1v) is 6.84. The fraction of sp³-hybridized carbons (Fsp3) is 0.286. The lowest BCUT2D eigenvalue weighted by Gasteiger charge is -2.34. The molecule has 114 valence electrons. The fourth-order valence-corrected chi connectivity index (χ4v) is 2.41. The van der Waals surface area contributed by atoms with E-state index in [1.54, 1.807) is 17.1 Å². The lowest BCUT2D eigenvalue weighted by Crippen LogP contribution is -2.44. The summed E-state index contributed by atoms with van der Waals surface area (Å²) >= 11 is 0. The van der Waals surface area contributed by atoms with Crippen molar-refractivity contribution in [2.45, 2.75) is 24.8 Å². The molecule has 0 radical (unpaired) electrons. The van der Waals surface area contributed by atoms with E-state index in [0.29, 0.717) is 17.5 Å². The van der Waals surface area contributed by atoms with E-state index in [4.69, 9.17) is 10.3 Å². The molecule has 4 rings (SSSR count). The summed E-state index contributed by atoms with van der Waals surface area (Å²) in [7, 11) is 0. The lowest BCUT2D eigenvalue weighted by atomic mass is 9.77. The number of nitrogens with two attached hydrogens (primary N) is 1. The second kappa shape index (κ2) is 5.51. The van der Waals surface area contributed by atoms with E-state index in [0.717, 1.165) is 24.8 Å². The van der Waals surface area contributed by atoms with Gasteiger partial charge in [0.15, 0.2) is 11.6 Å². The Morgan fingerprint density at radius 2 is 2.14 bits per heavy atom. The van der Waals surface area contributed by atoms with Crippen LogP contribution >= 0.6 is 12.4 Å². The van der Waals surface area contributed by atoms with Gasteiger partial charge in [0.05, 0.1) is 5.54 Å². The van der Waals surface area contributed by atoms with Gasteiger partial charge in [-0.3, -0.25) is 0 Å². The zero-order valence-corrected chi connectivity index (χ0v) is 12.5. The highest BCUT2D eigenvalue weighted by molar-refractivity contribution is 5.85. The molecule has 0 atom stereocenters. The van der Waals surface area contributed by atoms with Crippen molar-refractivity contribution in [3.05, 3.63) is 42.6 Å². The molecule has 3 heterocycles. The van der Waals surface area contributed by atoms with Gasteiger partial charge in [-0.2, -0.15) is 10.1 Å². The van der Waals surface area contributed by atoms with E-state index in [1.165, 1.54) is 0 Å². The molecule has 3 aromatic heterocycles. The normalized spacial score (nSPS) is 15.9. The third kappa shape index (κ3) is 2.38. The highest BCUT2D eigenvalue weighted by Gasteiger charge is 2.39. The van der Waals surface area contributed by atoms with Crippen molar-refractivity contribution in [2.24, 2.45) is 5.73 Å². The maximum absolute atomic E-state index is 6.21. The summed E-state index contributed by atoms with van der Waals surface area (Å²) in [5.74, 6) is 1.74. The van der Waals surface area contributed by atoms with Crippen LogP contribution in [-0.2, 0) is 5.54 Å². The summed E-state index contributed by atoms with van der Waals surface area (Å²) in [4.78, 5) is 8.71. The zero-order valence-electron chi connectivity index (χ0n) is 11.7. The molecule has 0 unspecified atom stereocenters. The van der Waals surface area contributed by atoms with Gasteiger partial charge >= 0.3 is 0 Å². The van der Waals surface area contributed by atoms with Crippen LogP contribution in [0.3, 0.4) is 0 Å². The average Bonchev–Trinajstić information content (AvgIpc) is 3.16. The largest absolute Gasteiger partial charge is 0.334 e. The molecule has 3 aromatic rings. The Balaban J connectivity index is 0.00000144. The molecule has 0 aliphatic heterocycles. The molecule has 7 nitrogen and oxygen atoms in total. The third-order valence-electron chi connectivity index (χ3n) is 3.85. The van der Waals surface area contributed by atoms with Crippen molar-refractivity contribution < 1.29 is 4.52 Å². The SMILES string of the molecule is Cl.NC1(c2noc(-c3ccnc(-n4cccn4)c3)n2)CCC1. The van der Waals surface area contributed by atoms with E-state index in [1.807, 2.05) is 24.4 Å². The Bertz CT molecular complexity index is 765. The third-order valence-corrected chi connectivity index (χ3v) is 3.85. The van der Waals surface area contributed by atoms with Crippen molar-refractivity contribution in [3.63, 3.8) is 0 Å². The zero-order chi connectivity index (χ0) is 14.3. The van der Waals surface area contributed by atoms with E-state index in [2.05, 4.69) is 20.2 Å². The predicted molar refractivity (Wildman–Crippen MR) is 81.6 cm³/mol. The monoisotopic (exact) mass is 318 g/mol. The molecule has 22 heavy (non-hydrogen) atoms. The summed E-state index contributed by atoms with van der Waals surface area (Å²) in [5, 5.41) is 8.18. The topological polar surface area (TPSA) is 95.7 Å².